The highest BCUT2D eigenvalue weighted by Crippen LogP contribution is 2.29. The van der Waals surface area contributed by atoms with E-state index in [0.717, 1.165) is 51.0 Å². The number of pyridine rings is 1. The molecule has 1 amide bonds. The minimum absolute atomic E-state index is 0.121. The number of rotatable bonds is 5. The van der Waals surface area contributed by atoms with Crippen LogP contribution in [0.1, 0.15) is 28.4 Å². The van der Waals surface area contributed by atoms with Gasteiger partial charge < -0.3 is 5.32 Å². The molecule has 3 heteroatoms. The smallest absolute Gasteiger partial charge is 0.256 e. The summed E-state index contributed by atoms with van der Waals surface area (Å²) in [6.07, 6.45) is 0.855. The van der Waals surface area contributed by atoms with Crippen LogP contribution in [0.2, 0.25) is 0 Å². The average molecular weight is 443 g/mol. The molecule has 0 unspecified atom stereocenters. The van der Waals surface area contributed by atoms with Gasteiger partial charge in [-0.1, -0.05) is 97.9 Å². The Labute approximate surface area is 200 Å². The third-order valence-corrected chi connectivity index (χ3v) is 6.23. The first kappa shape index (κ1) is 21.6. The molecule has 4 aromatic carbocycles. The number of amides is 1. The van der Waals surface area contributed by atoms with Crippen LogP contribution in [-0.2, 0) is 6.42 Å². The van der Waals surface area contributed by atoms with E-state index in [1.807, 2.05) is 67.6 Å². The molecule has 0 atom stereocenters. The summed E-state index contributed by atoms with van der Waals surface area (Å²) in [6.45, 7) is 4.13. The first-order chi connectivity index (χ1) is 16.6. The zero-order valence-corrected chi connectivity index (χ0v) is 19.4. The van der Waals surface area contributed by atoms with Crippen molar-refractivity contribution >= 4 is 22.5 Å². The van der Waals surface area contributed by atoms with Crippen molar-refractivity contribution in [3.05, 3.63) is 120 Å². The van der Waals surface area contributed by atoms with Gasteiger partial charge in [0, 0.05) is 16.6 Å². The molecule has 34 heavy (non-hydrogen) atoms. The van der Waals surface area contributed by atoms with Crippen molar-refractivity contribution in [2.75, 3.05) is 5.32 Å². The van der Waals surface area contributed by atoms with Gasteiger partial charge in [0.2, 0.25) is 0 Å². The number of fused-ring (bicyclic) bond motifs is 1. The lowest BCUT2D eigenvalue weighted by molar-refractivity contribution is 0.102. The molecule has 0 aliphatic rings. The molecule has 1 aromatic heterocycles. The van der Waals surface area contributed by atoms with Crippen molar-refractivity contribution in [1.82, 2.24) is 4.98 Å². The van der Waals surface area contributed by atoms with E-state index in [1.54, 1.807) is 0 Å². The van der Waals surface area contributed by atoms with Crippen LogP contribution in [0, 0.1) is 6.92 Å². The van der Waals surface area contributed by atoms with Crippen LogP contribution in [0.4, 0.5) is 5.69 Å². The van der Waals surface area contributed by atoms with Gasteiger partial charge in [-0.2, -0.15) is 0 Å². The predicted octanol–water partition coefficient (Wildman–Crippen LogP) is 7.69. The normalized spacial score (nSPS) is 10.9. The maximum Gasteiger partial charge on any atom is 0.256 e. The average Bonchev–Trinajstić information content (AvgIpc) is 2.89. The lowest BCUT2D eigenvalue weighted by Gasteiger charge is -2.15. The number of anilines is 1. The van der Waals surface area contributed by atoms with E-state index in [1.165, 1.54) is 5.56 Å². The number of carbonyl (C=O) groups is 1. The molecule has 0 spiro atoms. The lowest BCUT2D eigenvalue weighted by atomic mass is 10.00. The summed E-state index contributed by atoms with van der Waals surface area (Å²) >= 11 is 0. The molecule has 1 N–H and O–H groups in total. The van der Waals surface area contributed by atoms with Gasteiger partial charge in [0.1, 0.15) is 0 Å². The van der Waals surface area contributed by atoms with Gasteiger partial charge in [-0.15, -0.1) is 0 Å². The largest absolute Gasteiger partial charge is 0.321 e. The third kappa shape index (κ3) is 4.20. The first-order valence-electron chi connectivity index (χ1n) is 11.6. The van der Waals surface area contributed by atoms with Crippen LogP contribution in [0.3, 0.4) is 0 Å². The minimum atomic E-state index is -0.121. The highest BCUT2D eigenvalue weighted by Gasteiger charge is 2.16. The standard InChI is InChI=1S/C31H26N2O/c1-3-22-13-9-10-21(2)30(22)33-31(34)27-20-29(32-28-15-8-7-14-26(27)28)25-18-16-24(17-19-25)23-11-5-4-6-12-23/h4-20H,3H2,1-2H3,(H,33,34). The molecule has 0 bridgehead atoms. The van der Waals surface area contributed by atoms with E-state index in [-0.39, 0.29) is 5.91 Å². The zero-order valence-electron chi connectivity index (χ0n) is 19.4. The summed E-state index contributed by atoms with van der Waals surface area (Å²) in [7, 11) is 0. The van der Waals surface area contributed by atoms with E-state index in [9.17, 15) is 4.79 Å². The number of para-hydroxylation sites is 2. The van der Waals surface area contributed by atoms with E-state index in [4.69, 9.17) is 4.98 Å². The van der Waals surface area contributed by atoms with Crippen LogP contribution < -0.4 is 5.32 Å². The second-order valence-electron chi connectivity index (χ2n) is 8.43. The van der Waals surface area contributed by atoms with E-state index >= 15 is 0 Å². The van der Waals surface area contributed by atoms with E-state index < -0.39 is 0 Å². The van der Waals surface area contributed by atoms with Crippen LogP contribution in [0.25, 0.3) is 33.3 Å². The Morgan fingerprint density at radius 3 is 2.21 bits per heavy atom. The Morgan fingerprint density at radius 2 is 1.44 bits per heavy atom. The first-order valence-corrected chi connectivity index (χ1v) is 11.6. The Hall–Kier alpha value is -4.24. The van der Waals surface area contributed by atoms with Crippen LogP contribution in [-0.4, -0.2) is 10.9 Å². The van der Waals surface area contributed by atoms with Gasteiger partial charge in [-0.3, -0.25) is 4.79 Å². The van der Waals surface area contributed by atoms with Crippen molar-refractivity contribution in [1.29, 1.82) is 0 Å². The van der Waals surface area contributed by atoms with Crippen LogP contribution in [0.15, 0.2) is 103 Å². The molecule has 0 saturated carbocycles. The molecule has 5 aromatic rings. The second-order valence-corrected chi connectivity index (χ2v) is 8.43. The highest BCUT2D eigenvalue weighted by molar-refractivity contribution is 6.13. The number of nitrogens with one attached hydrogen (secondary N) is 1. The summed E-state index contributed by atoms with van der Waals surface area (Å²) in [5.41, 5.74) is 8.58. The Balaban J connectivity index is 1.55. The van der Waals surface area contributed by atoms with Crippen molar-refractivity contribution in [3.8, 4) is 22.4 Å². The van der Waals surface area contributed by atoms with Gasteiger partial charge in [-0.25, -0.2) is 4.98 Å². The quantitative estimate of drug-likeness (QED) is 0.303. The van der Waals surface area contributed by atoms with Crippen LogP contribution in [0.5, 0.6) is 0 Å². The maximum absolute atomic E-state index is 13.5. The summed E-state index contributed by atoms with van der Waals surface area (Å²) in [6, 6.07) is 34.5. The highest BCUT2D eigenvalue weighted by atomic mass is 16.1. The molecule has 0 aliphatic carbocycles. The molecule has 0 fully saturated rings. The number of aromatic nitrogens is 1. The summed E-state index contributed by atoms with van der Waals surface area (Å²) in [5.74, 6) is -0.121. The molecular formula is C31H26N2O. The fourth-order valence-electron chi connectivity index (χ4n) is 4.36. The Kier molecular flexibility index (Phi) is 5.92. The summed E-state index contributed by atoms with van der Waals surface area (Å²) < 4.78 is 0. The number of nitrogens with zero attached hydrogens (tertiary/aromatic N) is 1. The van der Waals surface area contributed by atoms with Crippen LogP contribution >= 0.6 is 0 Å². The van der Waals surface area contributed by atoms with Crippen molar-refractivity contribution in [2.45, 2.75) is 20.3 Å². The van der Waals surface area contributed by atoms with Gasteiger partial charge in [0.15, 0.2) is 0 Å². The number of aryl methyl sites for hydroxylation is 2. The topological polar surface area (TPSA) is 42.0 Å². The molecular weight excluding hydrogens is 416 g/mol. The lowest BCUT2D eigenvalue weighted by Crippen LogP contribution is -2.15. The zero-order chi connectivity index (χ0) is 23.5. The fourth-order valence-corrected chi connectivity index (χ4v) is 4.36. The maximum atomic E-state index is 13.5. The molecule has 0 saturated heterocycles. The van der Waals surface area contributed by atoms with Gasteiger partial charge in [0.25, 0.3) is 5.91 Å². The predicted molar refractivity (Wildman–Crippen MR) is 141 cm³/mol. The third-order valence-electron chi connectivity index (χ3n) is 6.23. The van der Waals surface area contributed by atoms with E-state index in [2.05, 4.69) is 54.7 Å². The number of hydrogen-bond acceptors (Lipinski definition) is 2. The summed E-state index contributed by atoms with van der Waals surface area (Å²) in [5, 5.41) is 4.02. The second kappa shape index (κ2) is 9.32. The molecule has 0 radical (unpaired) electrons. The molecule has 3 nitrogen and oxygen atoms in total. The van der Waals surface area contributed by atoms with Gasteiger partial charge >= 0.3 is 0 Å². The SMILES string of the molecule is CCc1cccc(C)c1NC(=O)c1cc(-c2ccc(-c3ccccc3)cc2)nc2ccccc12. The molecule has 166 valence electrons. The van der Waals surface area contributed by atoms with Gasteiger partial charge in [-0.05, 0) is 47.7 Å². The molecule has 1 heterocycles. The van der Waals surface area contributed by atoms with Crippen molar-refractivity contribution < 1.29 is 4.79 Å². The number of benzene rings is 4. The minimum Gasteiger partial charge on any atom is -0.321 e. The van der Waals surface area contributed by atoms with Crippen molar-refractivity contribution in [3.63, 3.8) is 0 Å². The van der Waals surface area contributed by atoms with Crippen molar-refractivity contribution in [2.24, 2.45) is 0 Å². The Bertz CT molecular complexity index is 1470. The monoisotopic (exact) mass is 442 g/mol. The molecule has 0 aliphatic heterocycles. The fraction of sp³-hybridized carbons (Fsp3) is 0.0968. The Morgan fingerprint density at radius 1 is 0.765 bits per heavy atom. The van der Waals surface area contributed by atoms with Gasteiger partial charge in [0.05, 0.1) is 16.8 Å². The molecule has 5 rings (SSSR count). The number of carbonyl (C=O) groups excluding carboxylic acids is 1. The summed E-state index contributed by atoms with van der Waals surface area (Å²) in [4.78, 5) is 18.4. The number of hydrogen-bond donors (Lipinski definition) is 1. The van der Waals surface area contributed by atoms with E-state index in [0.29, 0.717) is 5.56 Å².